The van der Waals surface area contributed by atoms with E-state index >= 15 is 0 Å². The number of nitrogens with one attached hydrogen (secondary N) is 1. The molecule has 1 aliphatic rings. The minimum Gasteiger partial charge on any atom is -0.460 e. The number of benzene rings is 3. The Morgan fingerprint density at radius 1 is 0.795 bits per heavy atom. The summed E-state index contributed by atoms with van der Waals surface area (Å²) in [6.45, 7) is 3.98. The number of urea groups is 1. The van der Waals surface area contributed by atoms with Crippen LogP contribution in [-0.4, -0.2) is 59.3 Å². The summed E-state index contributed by atoms with van der Waals surface area (Å²) >= 11 is 0. The third-order valence-electron chi connectivity index (χ3n) is 7.68. The minimum atomic E-state index is -1.49. The van der Waals surface area contributed by atoms with Gasteiger partial charge in [-0.15, -0.1) is 0 Å². The summed E-state index contributed by atoms with van der Waals surface area (Å²) in [4.78, 5) is 41.0. The molecule has 0 radical (unpaired) electrons. The molecule has 1 fully saturated rings. The summed E-state index contributed by atoms with van der Waals surface area (Å²) < 4.78 is 11.2. The SMILES string of the molecule is CC(C)CN(C[C@H](O)C(=O)OC1CCCCC1)C(=O)N[C@@H](Cc1ccc(-c2ccccc2)cc1)C(=O)OCc1ccccc1. The lowest BCUT2D eigenvalue weighted by atomic mass is 9.98. The van der Waals surface area contributed by atoms with Crippen molar-refractivity contribution in [2.75, 3.05) is 13.1 Å². The molecule has 44 heavy (non-hydrogen) atoms. The second-order valence-corrected chi connectivity index (χ2v) is 11.9. The Morgan fingerprint density at radius 2 is 1.41 bits per heavy atom. The van der Waals surface area contributed by atoms with Gasteiger partial charge >= 0.3 is 18.0 Å². The van der Waals surface area contributed by atoms with Gasteiger partial charge in [-0.25, -0.2) is 14.4 Å². The zero-order valence-corrected chi connectivity index (χ0v) is 25.7. The van der Waals surface area contributed by atoms with Gasteiger partial charge < -0.3 is 24.8 Å². The fourth-order valence-corrected chi connectivity index (χ4v) is 5.35. The number of hydrogen-bond acceptors (Lipinski definition) is 6. The van der Waals surface area contributed by atoms with Crippen LogP contribution in [0.3, 0.4) is 0 Å². The monoisotopic (exact) mass is 600 g/mol. The Kier molecular flexibility index (Phi) is 12.4. The van der Waals surface area contributed by atoms with Gasteiger partial charge in [0.05, 0.1) is 6.54 Å². The van der Waals surface area contributed by atoms with E-state index < -0.39 is 30.1 Å². The number of hydrogen-bond donors (Lipinski definition) is 2. The van der Waals surface area contributed by atoms with Crippen molar-refractivity contribution in [2.45, 2.75) is 77.2 Å². The first kappa shape index (κ1) is 32.7. The Balaban J connectivity index is 1.46. The Morgan fingerprint density at radius 3 is 2.05 bits per heavy atom. The topological polar surface area (TPSA) is 105 Å². The van der Waals surface area contributed by atoms with Gasteiger partial charge in [-0.1, -0.05) is 105 Å². The van der Waals surface area contributed by atoms with Crippen molar-refractivity contribution in [3.05, 3.63) is 96.1 Å². The number of aliphatic hydroxyl groups is 1. The number of carbonyl (C=O) groups is 3. The van der Waals surface area contributed by atoms with Crippen molar-refractivity contribution in [2.24, 2.45) is 5.92 Å². The third-order valence-corrected chi connectivity index (χ3v) is 7.68. The van der Waals surface area contributed by atoms with Gasteiger partial charge in [-0.3, -0.25) is 0 Å². The molecule has 3 aromatic carbocycles. The first-order chi connectivity index (χ1) is 21.3. The lowest BCUT2D eigenvalue weighted by Gasteiger charge is -2.29. The van der Waals surface area contributed by atoms with Crippen LogP contribution in [-0.2, 0) is 32.1 Å². The summed E-state index contributed by atoms with van der Waals surface area (Å²) in [6.07, 6.45) is 3.19. The van der Waals surface area contributed by atoms with Gasteiger partial charge in [-0.2, -0.15) is 0 Å². The standard InChI is InChI=1S/C36H44N2O6/c1-26(2)23-38(24-33(39)35(41)44-31-16-10-5-11-17-31)36(42)37-32(34(40)43-25-28-12-6-3-7-13-28)22-27-18-20-30(21-19-27)29-14-8-4-9-15-29/h3-4,6-9,12-15,18-21,26,31-33,39H,5,10-11,16-17,22-25H2,1-2H3,(H,37,42)/t32-,33-/m0/s1. The summed E-state index contributed by atoms with van der Waals surface area (Å²) in [6, 6.07) is 25.6. The fourth-order valence-electron chi connectivity index (χ4n) is 5.35. The smallest absolute Gasteiger partial charge is 0.337 e. The largest absolute Gasteiger partial charge is 0.460 e. The molecule has 0 bridgehead atoms. The van der Waals surface area contributed by atoms with Crippen LogP contribution in [0.2, 0.25) is 0 Å². The summed E-state index contributed by atoms with van der Waals surface area (Å²) in [5.74, 6) is -1.25. The molecule has 1 saturated carbocycles. The predicted molar refractivity (Wildman–Crippen MR) is 170 cm³/mol. The van der Waals surface area contributed by atoms with Crippen LogP contribution in [0.5, 0.6) is 0 Å². The van der Waals surface area contributed by atoms with E-state index in [9.17, 15) is 19.5 Å². The molecule has 8 heteroatoms. The van der Waals surface area contributed by atoms with E-state index in [1.54, 1.807) is 0 Å². The molecule has 3 aromatic rings. The fraction of sp³-hybridized carbons (Fsp3) is 0.417. The molecule has 0 aliphatic heterocycles. The molecule has 0 heterocycles. The van der Waals surface area contributed by atoms with E-state index in [1.165, 1.54) is 4.90 Å². The van der Waals surface area contributed by atoms with Crippen molar-refractivity contribution in [3.8, 4) is 11.1 Å². The molecule has 0 aromatic heterocycles. The molecule has 0 spiro atoms. The number of aliphatic hydroxyl groups excluding tert-OH is 1. The molecular formula is C36H44N2O6. The lowest BCUT2D eigenvalue weighted by molar-refractivity contribution is -0.161. The van der Waals surface area contributed by atoms with Gasteiger partial charge in [0.15, 0.2) is 6.10 Å². The highest BCUT2D eigenvalue weighted by atomic mass is 16.6. The Hall–Kier alpha value is -4.17. The maximum atomic E-state index is 13.6. The molecule has 4 rings (SSSR count). The normalized spacial score (nSPS) is 14.8. The van der Waals surface area contributed by atoms with E-state index in [0.717, 1.165) is 54.4 Å². The van der Waals surface area contributed by atoms with Crippen LogP contribution in [0.4, 0.5) is 4.79 Å². The molecule has 8 nitrogen and oxygen atoms in total. The molecular weight excluding hydrogens is 556 g/mol. The zero-order valence-electron chi connectivity index (χ0n) is 25.7. The average Bonchev–Trinajstić information content (AvgIpc) is 3.04. The average molecular weight is 601 g/mol. The summed E-state index contributed by atoms with van der Waals surface area (Å²) in [5, 5.41) is 13.5. The lowest BCUT2D eigenvalue weighted by Crippen LogP contribution is -2.52. The highest BCUT2D eigenvalue weighted by molar-refractivity contribution is 5.84. The van der Waals surface area contributed by atoms with Crippen LogP contribution in [0.25, 0.3) is 11.1 Å². The second kappa shape index (κ2) is 16.6. The maximum absolute atomic E-state index is 13.6. The minimum absolute atomic E-state index is 0.0522. The highest BCUT2D eigenvalue weighted by Crippen LogP contribution is 2.22. The number of nitrogens with zero attached hydrogens (tertiary/aromatic N) is 1. The molecule has 234 valence electrons. The van der Waals surface area contributed by atoms with E-state index in [0.29, 0.717) is 0 Å². The first-order valence-electron chi connectivity index (χ1n) is 15.6. The van der Waals surface area contributed by atoms with Gasteiger partial charge in [0.1, 0.15) is 18.8 Å². The molecule has 2 N–H and O–H groups in total. The van der Waals surface area contributed by atoms with Crippen LogP contribution >= 0.6 is 0 Å². The van der Waals surface area contributed by atoms with Crippen molar-refractivity contribution in [3.63, 3.8) is 0 Å². The summed E-state index contributed by atoms with van der Waals surface area (Å²) in [5.41, 5.74) is 3.80. The maximum Gasteiger partial charge on any atom is 0.337 e. The molecule has 0 saturated heterocycles. The number of carbonyl (C=O) groups excluding carboxylic acids is 3. The van der Waals surface area contributed by atoms with Crippen molar-refractivity contribution >= 4 is 18.0 Å². The number of ether oxygens (including phenoxy) is 2. The number of rotatable bonds is 13. The Bertz CT molecular complexity index is 1320. The van der Waals surface area contributed by atoms with E-state index in [1.807, 2.05) is 98.8 Å². The molecule has 2 atom stereocenters. The summed E-state index contributed by atoms with van der Waals surface area (Å²) in [7, 11) is 0. The Labute approximate surface area is 260 Å². The highest BCUT2D eigenvalue weighted by Gasteiger charge is 2.30. The molecule has 1 aliphatic carbocycles. The van der Waals surface area contributed by atoms with E-state index in [2.05, 4.69) is 5.32 Å². The van der Waals surface area contributed by atoms with Gasteiger partial charge in [0.25, 0.3) is 0 Å². The number of amides is 2. The predicted octanol–water partition coefficient (Wildman–Crippen LogP) is 5.91. The van der Waals surface area contributed by atoms with Crippen molar-refractivity contribution in [1.82, 2.24) is 10.2 Å². The number of esters is 2. The van der Waals surface area contributed by atoms with E-state index in [4.69, 9.17) is 9.47 Å². The molecule has 0 unspecified atom stereocenters. The van der Waals surface area contributed by atoms with Gasteiger partial charge in [0, 0.05) is 13.0 Å². The van der Waals surface area contributed by atoms with E-state index in [-0.39, 0.29) is 38.1 Å². The second-order valence-electron chi connectivity index (χ2n) is 11.9. The first-order valence-corrected chi connectivity index (χ1v) is 15.6. The zero-order chi connectivity index (χ0) is 31.3. The van der Waals surface area contributed by atoms with Crippen LogP contribution in [0.1, 0.15) is 57.1 Å². The third kappa shape index (κ3) is 10.2. The van der Waals surface area contributed by atoms with Crippen LogP contribution in [0, 0.1) is 5.92 Å². The van der Waals surface area contributed by atoms with Crippen molar-refractivity contribution in [1.29, 1.82) is 0 Å². The molecule has 2 amide bonds. The van der Waals surface area contributed by atoms with Gasteiger partial charge in [-0.05, 0) is 53.9 Å². The van der Waals surface area contributed by atoms with Crippen LogP contribution < -0.4 is 5.32 Å². The van der Waals surface area contributed by atoms with Crippen molar-refractivity contribution < 1.29 is 29.0 Å². The quantitative estimate of drug-likeness (QED) is 0.236. The van der Waals surface area contributed by atoms with Crippen LogP contribution in [0.15, 0.2) is 84.9 Å². The van der Waals surface area contributed by atoms with Gasteiger partial charge in [0.2, 0.25) is 0 Å².